The minimum Gasteiger partial charge on any atom is -0.387 e. The van der Waals surface area contributed by atoms with Gasteiger partial charge < -0.3 is 15.9 Å². The van der Waals surface area contributed by atoms with Gasteiger partial charge in [0.05, 0.1) is 5.37 Å². The van der Waals surface area contributed by atoms with Crippen LogP contribution in [0, 0.1) is 6.57 Å². The van der Waals surface area contributed by atoms with Crippen molar-refractivity contribution < 1.29 is 10.2 Å². The van der Waals surface area contributed by atoms with Crippen LogP contribution < -0.4 is 11.4 Å². The molecule has 1 aromatic rings. The maximum absolute atomic E-state index is 11.7. The molecule has 0 aromatic carbocycles. The zero-order valence-electron chi connectivity index (χ0n) is 9.35. The first-order valence-corrected chi connectivity index (χ1v) is 6.10. The Balaban J connectivity index is 2.33. The van der Waals surface area contributed by atoms with Gasteiger partial charge in [-0.1, -0.05) is 0 Å². The number of rotatable bonds is 2. The van der Waals surface area contributed by atoms with Crippen LogP contribution in [0.5, 0.6) is 0 Å². The molecule has 4 N–H and O–H groups in total. The summed E-state index contributed by atoms with van der Waals surface area (Å²) in [6.45, 7) is 6.62. The summed E-state index contributed by atoms with van der Waals surface area (Å²) >= 11 is 1.07. The molecular formula is C10H12N4O3S. The zero-order chi connectivity index (χ0) is 13.3. The molecule has 0 spiro atoms. The van der Waals surface area contributed by atoms with E-state index in [1.54, 1.807) is 0 Å². The molecule has 8 heteroatoms. The van der Waals surface area contributed by atoms with E-state index in [2.05, 4.69) is 9.83 Å². The highest BCUT2D eigenvalue weighted by molar-refractivity contribution is 8.01. The number of hydrogen-bond acceptors (Lipinski definition) is 6. The van der Waals surface area contributed by atoms with E-state index < -0.39 is 28.6 Å². The second kappa shape index (κ2) is 4.61. The smallest absolute Gasteiger partial charge is 0.350 e. The van der Waals surface area contributed by atoms with Gasteiger partial charge in [-0.05, 0) is 17.8 Å². The van der Waals surface area contributed by atoms with Crippen molar-refractivity contribution in [1.82, 2.24) is 9.55 Å². The van der Waals surface area contributed by atoms with Crippen LogP contribution in [0.25, 0.3) is 4.85 Å². The lowest BCUT2D eigenvalue weighted by Gasteiger charge is -2.15. The second-order valence-corrected chi connectivity index (χ2v) is 5.47. The SMILES string of the molecule is [C-]#[N+][C@]1(CO)S[C@@H](n2ccc(N)nc2=O)C[C@@H]1O. The normalized spacial score (nSPS) is 31.2. The molecule has 18 heavy (non-hydrogen) atoms. The Kier molecular flexibility index (Phi) is 3.30. The predicted molar refractivity (Wildman–Crippen MR) is 66.6 cm³/mol. The van der Waals surface area contributed by atoms with Gasteiger partial charge in [0.15, 0.2) is 0 Å². The molecule has 2 heterocycles. The lowest BCUT2D eigenvalue weighted by atomic mass is 10.1. The highest BCUT2D eigenvalue weighted by atomic mass is 32.2. The predicted octanol–water partition coefficient (Wildman–Crippen LogP) is -0.570. The summed E-state index contributed by atoms with van der Waals surface area (Å²) in [4.78, 5) is 17.2. The van der Waals surface area contributed by atoms with Crippen molar-refractivity contribution in [2.75, 3.05) is 12.3 Å². The third-order valence-corrected chi connectivity index (χ3v) is 4.46. The van der Waals surface area contributed by atoms with E-state index in [4.69, 9.17) is 12.3 Å². The van der Waals surface area contributed by atoms with Gasteiger partial charge in [0.2, 0.25) is 0 Å². The van der Waals surface area contributed by atoms with Crippen LogP contribution in [0.15, 0.2) is 17.1 Å². The highest BCUT2D eigenvalue weighted by Gasteiger charge is 2.54. The van der Waals surface area contributed by atoms with Crippen LogP contribution in [-0.4, -0.2) is 37.3 Å². The molecule has 3 atom stereocenters. The molecule has 0 saturated carbocycles. The van der Waals surface area contributed by atoms with E-state index >= 15 is 0 Å². The van der Waals surface area contributed by atoms with Gasteiger partial charge in [0, 0.05) is 12.6 Å². The summed E-state index contributed by atoms with van der Waals surface area (Å²) in [5.74, 6) is 0.124. The average molecular weight is 268 g/mol. The molecule has 1 aromatic heterocycles. The topological polar surface area (TPSA) is 106 Å². The minimum atomic E-state index is -1.30. The van der Waals surface area contributed by atoms with Gasteiger partial charge in [-0.25, -0.2) is 11.4 Å². The van der Waals surface area contributed by atoms with Crippen LogP contribution in [0.3, 0.4) is 0 Å². The third-order valence-electron chi connectivity index (χ3n) is 2.86. The molecule has 0 amide bonds. The number of nitrogens with two attached hydrogens (primary N) is 1. The summed E-state index contributed by atoms with van der Waals surface area (Å²) in [7, 11) is 0. The van der Waals surface area contributed by atoms with E-state index in [1.807, 2.05) is 0 Å². The first-order chi connectivity index (χ1) is 8.52. The number of nitrogens with zero attached hydrogens (tertiary/aromatic N) is 3. The highest BCUT2D eigenvalue weighted by Crippen LogP contribution is 2.49. The molecule has 7 nitrogen and oxygen atoms in total. The summed E-state index contributed by atoms with van der Waals surface area (Å²) in [6.07, 6.45) is 0.699. The van der Waals surface area contributed by atoms with Gasteiger partial charge in [-0.3, -0.25) is 9.41 Å². The van der Waals surface area contributed by atoms with E-state index in [0.717, 1.165) is 11.8 Å². The summed E-state index contributed by atoms with van der Waals surface area (Å²) < 4.78 is 1.31. The van der Waals surface area contributed by atoms with Crippen LogP contribution in [0.1, 0.15) is 11.8 Å². The van der Waals surface area contributed by atoms with Gasteiger partial charge in [-0.2, -0.15) is 4.98 Å². The fourth-order valence-corrected chi connectivity index (χ4v) is 3.24. The van der Waals surface area contributed by atoms with Crippen LogP contribution in [-0.2, 0) is 0 Å². The lowest BCUT2D eigenvalue weighted by Crippen LogP contribution is -2.34. The average Bonchev–Trinajstić information content (AvgIpc) is 2.67. The van der Waals surface area contributed by atoms with Crippen molar-refractivity contribution >= 4 is 17.6 Å². The van der Waals surface area contributed by atoms with Crippen molar-refractivity contribution in [3.8, 4) is 0 Å². The molecule has 1 fully saturated rings. The number of aliphatic hydroxyl groups is 2. The van der Waals surface area contributed by atoms with Gasteiger partial charge >= 0.3 is 10.6 Å². The Morgan fingerprint density at radius 1 is 1.78 bits per heavy atom. The minimum absolute atomic E-state index is 0.124. The van der Waals surface area contributed by atoms with Gasteiger partial charge in [-0.15, -0.1) is 0 Å². The Morgan fingerprint density at radius 3 is 3.00 bits per heavy atom. The standard InChI is InChI=1S/C10H12N4O3S/c1-12-10(5-15)6(16)4-8(18-10)14-3-2-7(11)13-9(14)17/h2-3,6,8,15-16H,4-5H2,(H2,11,13,17)/t6-,8+,10+/m0/s1. The quantitative estimate of drug-likeness (QED) is 0.620. The number of anilines is 1. The third kappa shape index (κ3) is 1.96. The Morgan fingerprint density at radius 2 is 2.50 bits per heavy atom. The summed E-state index contributed by atoms with van der Waals surface area (Å²) in [5.41, 5.74) is 4.86. The van der Waals surface area contributed by atoms with Crippen LogP contribution >= 0.6 is 11.8 Å². The van der Waals surface area contributed by atoms with Gasteiger partial charge in [0.25, 0.3) is 0 Å². The van der Waals surface area contributed by atoms with Crippen molar-refractivity contribution in [1.29, 1.82) is 0 Å². The fourth-order valence-electron chi connectivity index (χ4n) is 1.83. The molecule has 1 saturated heterocycles. The van der Waals surface area contributed by atoms with E-state index in [1.165, 1.54) is 16.8 Å². The Labute approximate surface area is 107 Å². The number of nitrogen functional groups attached to an aromatic ring is 1. The van der Waals surface area contributed by atoms with Crippen LogP contribution in [0.2, 0.25) is 0 Å². The van der Waals surface area contributed by atoms with Crippen molar-refractivity contribution in [3.05, 3.63) is 34.2 Å². The number of aromatic nitrogens is 2. The summed E-state index contributed by atoms with van der Waals surface area (Å²) in [5, 5.41) is 18.7. The molecule has 2 rings (SSSR count). The van der Waals surface area contributed by atoms with Crippen molar-refractivity contribution in [2.24, 2.45) is 0 Å². The van der Waals surface area contributed by atoms with Gasteiger partial charge in [0.1, 0.15) is 18.5 Å². The first kappa shape index (κ1) is 12.9. The number of hydrogen-bond donors (Lipinski definition) is 3. The maximum Gasteiger partial charge on any atom is 0.350 e. The molecule has 1 aliphatic rings. The summed E-state index contributed by atoms with van der Waals surface area (Å²) in [6, 6.07) is 1.48. The number of aliphatic hydroxyl groups excluding tert-OH is 2. The first-order valence-electron chi connectivity index (χ1n) is 5.22. The molecular weight excluding hydrogens is 256 g/mol. The molecule has 0 radical (unpaired) electrons. The monoisotopic (exact) mass is 268 g/mol. The second-order valence-electron chi connectivity index (χ2n) is 3.98. The number of thioether (sulfide) groups is 1. The molecule has 1 aliphatic heterocycles. The van der Waals surface area contributed by atoms with E-state index in [-0.39, 0.29) is 12.2 Å². The zero-order valence-corrected chi connectivity index (χ0v) is 10.2. The molecule has 0 unspecified atom stereocenters. The lowest BCUT2D eigenvalue weighted by molar-refractivity contribution is 0.109. The maximum atomic E-state index is 11.7. The molecule has 96 valence electrons. The fraction of sp³-hybridized carbons (Fsp3) is 0.500. The van der Waals surface area contributed by atoms with Crippen LogP contribution in [0.4, 0.5) is 5.82 Å². The Hall–Kier alpha value is -1.56. The Bertz CT molecular complexity index is 555. The molecule has 0 aliphatic carbocycles. The van der Waals surface area contributed by atoms with E-state index in [0.29, 0.717) is 0 Å². The van der Waals surface area contributed by atoms with Crippen molar-refractivity contribution in [2.45, 2.75) is 22.8 Å². The van der Waals surface area contributed by atoms with E-state index in [9.17, 15) is 15.0 Å². The molecule has 0 bridgehead atoms. The largest absolute Gasteiger partial charge is 0.387 e. The van der Waals surface area contributed by atoms with Crippen molar-refractivity contribution in [3.63, 3.8) is 0 Å².